The van der Waals surface area contributed by atoms with Gasteiger partial charge in [0.1, 0.15) is 0 Å². The minimum absolute atomic E-state index is 0.0561. The molecule has 0 spiro atoms. The molecule has 1 aromatic rings. The van der Waals surface area contributed by atoms with Gasteiger partial charge in [0.25, 0.3) is 5.91 Å². The van der Waals surface area contributed by atoms with E-state index in [0.717, 1.165) is 64.1 Å². The van der Waals surface area contributed by atoms with Crippen LogP contribution in [0.3, 0.4) is 0 Å². The molecule has 3 rings (SSSR count). The molecular weight excluding hydrogens is 304 g/mol. The molecule has 1 saturated carbocycles. The highest BCUT2D eigenvalue weighted by Gasteiger charge is 2.24. The van der Waals surface area contributed by atoms with Gasteiger partial charge in [0.2, 0.25) is 0 Å². The number of hydrogen-bond acceptors (Lipinski definition) is 5. The first-order chi connectivity index (χ1) is 11.6. The van der Waals surface area contributed by atoms with Crippen molar-refractivity contribution in [3.8, 4) is 0 Å². The van der Waals surface area contributed by atoms with Crippen LogP contribution in [0.5, 0.6) is 0 Å². The number of carbonyl (C=O) groups is 1. The van der Waals surface area contributed by atoms with Crippen LogP contribution in [-0.2, 0) is 11.3 Å². The molecule has 0 radical (unpaired) electrons. The molecule has 2 atom stereocenters. The fourth-order valence-corrected chi connectivity index (χ4v) is 3.47. The molecule has 6 heteroatoms. The molecular formula is C18H28N4O2. The maximum Gasteiger partial charge on any atom is 0.251 e. The Labute approximate surface area is 143 Å². The zero-order valence-electron chi connectivity index (χ0n) is 14.2. The summed E-state index contributed by atoms with van der Waals surface area (Å²) < 4.78 is 5.36. The van der Waals surface area contributed by atoms with Gasteiger partial charge in [-0.2, -0.15) is 0 Å². The Morgan fingerprint density at radius 3 is 2.71 bits per heavy atom. The van der Waals surface area contributed by atoms with Gasteiger partial charge in [-0.25, -0.2) is 0 Å². The highest BCUT2D eigenvalue weighted by atomic mass is 16.5. The number of amides is 1. The zero-order chi connectivity index (χ0) is 16.9. The Bertz CT molecular complexity index is 572. The highest BCUT2D eigenvalue weighted by molar-refractivity contribution is 5.95. The van der Waals surface area contributed by atoms with Crippen LogP contribution in [-0.4, -0.2) is 49.2 Å². The number of benzene rings is 1. The summed E-state index contributed by atoms with van der Waals surface area (Å²) in [5, 5.41) is 3.07. The van der Waals surface area contributed by atoms with E-state index in [0.29, 0.717) is 11.3 Å². The van der Waals surface area contributed by atoms with Crippen LogP contribution in [0.25, 0.3) is 0 Å². The lowest BCUT2D eigenvalue weighted by molar-refractivity contribution is 0.0343. The number of nitrogens with zero attached hydrogens (tertiary/aromatic N) is 1. The Morgan fingerprint density at radius 2 is 2.00 bits per heavy atom. The van der Waals surface area contributed by atoms with Gasteiger partial charge in [0, 0.05) is 43.0 Å². The molecule has 24 heavy (non-hydrogen) atoms. The molecule has 0 aromatic heterocycles. The lowest BCUT2D eigenvalue weighted by atomic mass is 9.91. The first kappa shape index (κ1) is 17.2. The van der Waals surface area contributed by atoms with Gasteiger partial charge in [0.05, 0.1) is 13.2 Å². The first-order valence-electron chi connectivity index (χ1n) is 8.88. The van der Waals surface area contributed by atoms with Gasteiger partial charge in [-0.3, -0.25) is 9.69 Å². The second-order valence-electron chi connectivity index (χ2n) is 6.83. The third kappa shape index (κ3) is 4.26. The smallest absolute Gasteiger partial charge is 0.251 e. The number of hydrogen-bond donors (Lipinski definition) is 3. The summed E-state index contributed by atoms with van der Waals surface area (Å²) in [4.78, 5) is 14.8. The Hall–Kier alpha value is -1.63. The molecule has 0 bridgehead atoms. The van der Waals surface area contributed by atoms with E-state index in [-0.39, 0.29) is 18.0 Å². The number of ether oxygens (including phenoxy) is 1. The predicted molar refractivity (Wildman–Crippen MR) is 94.6 cm³/mol. The van der Waals surface area contributed by atoms with E-state index in [1.165, 1.54) is 0 Å². The number of nitrogens with two attached hydrogens (primary N) is 2. The van der Waals surface area contributed by atoms with Crippen molar-refractivity contribution in [2.24, 2.45) is 5.73 Å². The number of carbonyl (C=O) groups excluding carboxylic acids is 1. The minimum atomic E-state index is -0.0815. The van der Waals surface area contributed by atoms with E-state index in [9.17, 15) is 4.79 Å². The molecule has 1 aliphatic carbocycles. The van der Waals surface area contributed by atoms with Gasteiger partial charge >= 0.3 is 0 Å². The standard InChI is InChI=1S/C18H28N4O2/c19-15-3-1-2-4-17(15)21-18(23)13-5-6-14(16(20)11-13)12-22-7-9-24-10-8-22/h5-6,11,15,17H,1-4,7-10,12,19-20H2,(H,21,23). The summed E-state index contributed by atoms with van der Waals surface area (Å²) >= 11 is 0. The van der Waals surface area contributed by atoms with Gasteiger partial charge in [-0.15, -0.1) is 0 Å². The Balaban J connectivity index is 1.61. The van der Waals surface area contributed by atoms with Crippen molar-refractivity contribution in [1.29, 1.82) is 0 Å². The normalized spacial score (nSPS) is 25.4. The summed E-state index contributed by atoms with van der Waals surface area (Å²) in [5.74, 6) is -0.0815. The van der Waals surface area contributed by atoms with Crippen LogP contribution in [0, 0.1) is 0 Å². The molecule has 6 nitrogen and oxygen atoms in total. The number of morpholine rings is 1. The van der Waals surface area contributed by atoms with E-state index in [4.69, 9.17) is 16.2 Å². The summed E-state index contributed by atoms with van der Waals surface area (Å²) in [6.07, 6.45) is 4.21. The second kappa shape index (κ2) is 7.96. The lowest BCUT2D eigenvalue weighted by Crippen LogP contribution is -2.49. The number of nitrogens with one attached hydrogen (secondary N) is 1. The molecule has 1 amide bonds. The average Bonchev–Trinajstić information content (AvgIpc) is 2.59. The molecule has 1 aromatic carbocycles. The number of nitrogen functional groups attached to an aromatic ring is 1. The van der Waals surface area contributed by atoms with Crippen molar-refractivity contribution in [2.45, 2.75) is 44.3 Å². The van der Waals surface area contributed by atoms with Crippen molar-refractivity contribution >= 4 is 11.6 Å². The van der Waals surface area contributed by atoms with Gasteiger partial charge in [-0.05, 0) is 30.5 Å². The third-order valence-electron chi connectivity index (χ3n) is 5.04. The summed E-state index contributed by atoms with van der Waals surface area (Å²) in [6.45, 7) is 4.16. The lowest BCUT2D eigenvalue weighted by Gasteiger charge is -2.29. The Kier molecular flexibility index (Phi) is 5.71. The first-order valence-corrected chi connectivity index (χ1v) is 8.88. The Morgan fingerprint density at radius 1 is 1.25 bits per heavy atom. The van der Waals surface area contributed by atoms with Crippen molar-refractivity contribution in [3.05, 3.63) is 29.3 Å². The molecule has 2 fully saturated rings. The topological polar surface area (TPSA) is 93.6 Å². The monoisotopic (exact) mass is 332 g/mol. The van der Waals surface area contributed by atoms with Crippen molar-refractivity contribution < 1.29 is 9.53 Å². The molecule has 132 valence electrons. The molecule has 5 N–H and O–H groups in total. The van der Waals surface area contributed by atoms with Crippen molar-refractivity contribution in [3.63, 3.8) is 0 Å². The fourth-order valence-electron chi connectivity index (χ4n) is 3.47. The molecule has 2 aliphatic rings. The van der Waals surface area contributed by atoms with Gasteiger partial charge in [-0.1, -0.05) is 18.9 Å². The highest BCUT2D eigenvalue weighted by Crippen LogP contribution is 2.20. The van der Waals surface area contributed by atoms with Crippen LogP contribution in [0.2, 0.25) is 0 Å². The second-order valence-corrected chi connectivity index (χ2v) is 6.83. The maximum absolute atomic E-state index is 12.5. The minimum Gasteiger partial charge on any atom is -0.398 e. The quantitative estimate of drug-likeness (QED) is 0.718. The number of rotatable bonds is 4. The largest absolute Gasteiger partial charge is 0.398 e. The number of anilines is 1. The molecule has 1 aliphatic heterocycles. The van der Waals surface area contributed by atoms with E-state index < -0.39 is 0 Å². The SMILES string of the molecule is Nc1cc(C(=O)NC2CCCCC2N)ccc1CN1CCOCC1. The van der Waals surface area contributed by atoms with Gasteiger partial charge < -0.3 is 21.5 Å². The maximum atomic E-state index is 12.5. The zero-order valence-corrected chi connectivity index (χ0v) is 14.2. The van der Waals surface area contributed by atoms with Gasteiger partial charge in [0.15, 0.2) is 0 Å². The summed E-state index contributed by atoms with van der Waals surface area (Å²) in [6, 6.07) is 5.72. The van der Waals surface area contributed by atoms with E-state index in [2.05, 4.69) is 10.2 Å². The van der Waals surface area contributed by atoms with Crippen molar-refractivity contribution in [1.82, 2.24) is 10.2 Å². The average molecular weight is 332 g/mol. The van der Waals surface area contributed by atoms with Crippen LogP contribution < -0.4 is 16.8 Å². The van der Waals surface area contributed by atoms with Crippen molar-refractivity contribution in [2.75, 3.05) is 32.0 Å². The third-order valence-corrected chi connectivity index (χ3v) is 5.04. The van der Waals surface area contributed by atoms with Crippen LogP contribution >= 0.6 is 0 Å². The van der Waals surface area contributed by atoms with E-state index >= 15 is 0 Å². The van der Waals surface area contributed by atoms with E-state index in [1.54, 1.807) is 6.07 Å². The van der Waals surface area contributed by atoms with Crippen LogP contribution in [0.4, 0.5) is 5.69 Å². The fraction of sp³-hybridized carbons (Fsp3) is 0.611. The van der Waals surface area contributed by atoms with E-state index in [1.807, 2.05) is 12.1 Å². The van der Waals surface area contributed by atoms with Crippen LogP contribution in [0.1, 0.15) is 41.6 Å². The van der Waals surface area contributed by atoms with Crippen LogP contribution in [0.15, 0.2) is 18.2 Å². The molecule has 1 heterocycles. The summed E-state index contributed by atoms with van der Waals surface area (Å²) in [5.41, 5.74) is 14.6. The summed E-state index contributed by atoms with van der Waals surface area (Å²) in [7, 11) is 0. The predicted octanol–water partition coefficient (Wildman–Crippen LogP) is 1.10. The molecule has 2 unspecified atom stereocenters. The molecule has 1 saturated heterocycles.